The summed E-state index contributed by atoms with van der Waals surface area (Å²) in [4.78, 5) is 5.70. The molecule has 3 atom stereocenters. The van der Waals surface area contributed by atoms with Gasteiger partial charge in [-0.25, -0.2) is 0 Å². The van der Waals surface area contributed by atoms with Gasteiger partial charge in [0.15, 0.2) is 0 Å². The molecule has 4 rings (SSSR count). The summed E-state index contributed by atoms with van der Waals surface area (Å²) in [5.74, 6) is 3.15. The van der Waals surface area contributed by atoms with Crippen molar-refractivity contribution in [3.05, 3.63) is 0 Å². The van der Waals surface area contributed by atoms with Crippen LogP contribution >= 0.6 is 0 Å². The molecule has 0 radical (unpaired) electrons. The highest BCUT2D eigenvalue weighted by atomic mass is 15.2. The summed E-state index contributed by atoms with van der Waals surface area (Å²) >= 11 is 0. The first kappa shape index (κ1) is 13.6. The first-order valence-corrected chi connectivity index (χ1v) is 9.27. The van der Waals surface area contributed by atoms with Gasteiger partial charge in [0, 0.05) is 12.1 Å². The van der Waals surface area contributed by atoms with Crippen LogP contribution in [0, 0.1) is 17.8 Å². The minimum atomic E-state index is 0.914. The van der Waals surface area contributed by atoms with Crippen molar-refractivity contribution in [2.75, 3.05) is 26.2 Å². The fraction of sp³-hybridized carbons (Fsp3) is 1.00. The maximum absolute atomic E-state index is 2.88. The zero-order valence-electron chi connectivity index (χ0n) is 13.3. The second kappa shape index (κ2) is 5.61. The lowest BCUT2D eigenvalue weighted by Gasteiger charge is -2.44. The molecule has 0 aromatic rings. The predicted octanol–water partition coefficient (Wildman–Crippen LogP) is 3.37. The topological polar surface area (TPSA) is 6.48 Å². The van der Waals surface area contributed by atoms with Gasteiger partial charge in [0.25, 0.3) is 0 Å². The lowest BCUT2D eigenvalue weighted by molar-refractivity contribution is 0.0497. The molecule has 0 N–H and O–H groups in total. The second-order valence-corrected chi connectivity index (χ2v) is 8.23. The van der Waals surface area contributed by atoms with Crippen molar-refractivity contribution >= 4 is 0 Å². The lowest BCUT2D eigenvalue weighted by atomic mass is 9.90. The van der Waals surface area contributed by atoms with Gasteiger partial charge in [-0.2, -0.15) is 0 Å². The molecular formula is C18H32N2. The average molecular weight is 276 g/mol. The van der Waals surface area contributed by atoms with E-state index < -0.39 is 0 Å². The number of likely N-dealkylation sites (tertiary alicyclic amines) is 2. The van der Waals surface area contributed by atoms with E-state index in [1.165, 1.54) is 58.3 Å². The second-order valence-electron chi connectivity index (χ2n) is 8.23. The van der Waals surface area contributed by atoms with E-state index in [2.05, 4.69) is 16.7 Å². The summed E-state index contributed by atoms with van der Waals surface area (Å²) < 4.78 is 0. The van der Waals surface area contributed by atoms with Gasteiger partial charge >= 0.3 is 0 Å². The first-order valence-electron chi connectivity index (χ1n) is 9.27. The molecule has 2 saturated heterocycles. The van der Waals surface area contributed by atoms with E-state index >= 15 is 0 Å². The molecule has 2 heterocycles. The third-order valence-corrected chi connectivity index (χ3v) is 7.00. The van der Waals surface area contributed by atoms with Crippen LogP contribution in [0.1, 0.15) is 58.3 Å². The molecule has 2 heteroatoms. The quantitative estimate of drug-likeness (QED) is 0.763. The molecular weight excluding hydrogens is 244 g/mol. The smallest absolute Gasteiger partial charge is 0.0126 e. The average Bonchev–Trinajstić information content (AvgIpc) is 3.11. The molecule has 114 valence electrons. The molecule has 4 aliphatic rings. The van der Waals surface area contributed by atoms with E-state index in [0.29, 0.717) is 0 Å². The Morgan fingerprint density at radius 1 is 0.700 bits per heavy atom. The Labute approximate surface area is 124 Å². The van der Waals surface area contributed by atoms with Crippen LogP contribution in [0.5, 0.6) is 0 Å². The van der Waals surface area contributed by atoms with Gasteiger partial charge in [0.2, 0.25) is 0 Å². The highest BCUT2D eigenvalue weighted by molar-refractivity contribution is 4.97. The third kappa shape index (κ3) is 2.54. The monoisotopic (exact) mass is 276 g/mol. The molecule has 2 nitrogen and oxygen atoms in total. The van der Waals surface area contributed by atoms with Gasteiger partial charge in [0.1, 0.15) is 0 Å². The Hall–Kier alpha value is -0.0800. The van der Waals surface area contributed by atoms with Crippen molar-refractivity contribution in [3.8, 4) is 0 Å². The summed E-state index contributed by atoms with van der Waals surface area (Å²) in [5.41, 5.74) is 0. The van der Waals surface area contributed by atoms with Crippen molar-refractivity contribution in [3.63, 3.8) is 0 Å². The lowest BCUT2D eigenvalue weighted by Crippen LogP contribution is -2.50. The Bertz CT molecular complexity index is 326. The van der Waals surface area contributed by atoms with E-state index in [0.717, 1.165) is 29.8 Å². The normalized spacial score (nSPS) is 41.5. The molecule has 2 aliphatic carbocycles. The summed E-state index contributed by atoms with van der Waals surface area (Å²) in [5, 5.41) is 0. The third-order valence-electron chi connectivity index (χ3n) is 7.00. The van der Waals surface area contributed by atoms with Crippen molar-refractivity contribution in [1.29, 1.82) is 0 Å². The molecule has 0 amide bonds. The van der Waals surface area contributed by atoms with Gasteiger partial charge in [0.05, 0.1) is 0 Å². The van der Waals surface area contributed by atoms with Gasteiger partial charge in [-0.15, -0.1) is 0 Å². The van der Waals surface area contributed by atoms with Crippen LogP contribution in [0.2, 0.25) is 0 Å². The Morgan fingerprint density at radius 2 is 1.40 bits per heavy atom. The van der Waals surface area contributed by atoms with Crippen LogP contribution < -0.4 is 0 Å². The van der Waals surface area contributed by atoms with E-state index in [-0.39, 0.29) is 0 Å². The molecule has 2 saturated carbocycles. The zero-order chi connectivity index (χ0) is 13.5. The fourth-order valence-electron chi connectivity index (χ4n) is 5.63. The van der Waals surface area contributed by atoms with Gasteiger partial charge in [-0.1, -0.05) is 13.3 Å². The molecule has 20 heavy (non-hydrogen) atoms. The van der Waals surface area contributed by atoms with E-state index in [1.807, 2.05) is 0 Å². The van der Waals surface area contributed by atoms with Crippen molar-refractivity contribution in [2.24, 2.45) is 17.8 Å². The fourth-order valence-corrected chi connectivity index (χ4v) is 5.63. The largest absolute Gasteiger partial charge is 0.300 e. The number of fused-ring (bicyclic) bond motifs is 2. The molecule has 0 aromatic carbocycles. The van der Waals surface area contributed by atoms with Crippen LogP contribution in [0.25, 0.3) is 0 Å². The van der Waals surface area contributed by atoms with E-state index in [4.69, 9.17) is 0 Å². The molecule has 2 bridgehead atoms. The highest BCUT2D eigenvalue weighted by Crippen LogP contribution is 2.47. The van der Waals surface area contributed by atoms with Crippen LogP contribution in [-0.2, 0) is 0 Å². The number of hydrogen-bond donors (Lipinski definition) is 0. The molecule has 2 aliphatic heterocycles. The zero-order valence-corrected chi connectivity index (χ0v) is 13.3. The summed E-state index contributed by atoms with van der Waals surface area (Å²) in [7, 11) is 0. The van der Waals surface area contributed by atoms with Gasteiger partial charge in [-0.3, -0.25) is 4.90 Å². The van der Waals surface area contributed by atoms with Gasteiger partial charge in [-0.05, 0) is 88.9 Å². The standard InChI is InChI=1S/C18H32N2/c1-14-4-8-19(9-5-14)17-6-10-20(11-7-17)18-13-15-2-3-16(18)12-15/h14-18H,2-13H2,1H3/t15-,16-,18+/m1/s1. The molecule has 0 spiro atoms. The number of hydrogen-bond acceptors (Lipinski definition) is 2. The number of nitrogens with zero attached hydrogens (tertiary/aromatic N) is 2. The number of rotatable bonds is 2. The van der Waals surface area contributed by atoms with Crippen molar-refractivity contribution < 1.29 is 0 Å². The van der Waals surface area contributed by atoms with Gasteiger partial charge < -0.3 is 4.90 Å². The maximum Gasteiger partial charge on any atom is 0.0126 e. The Morgan fingerprint density at radius 3 is 2.00 bits per heavy atom. The minimum Gasteiger partial charge on any atom is -0.300 e. The molecule has 4 fully saturated rings. The Kier molecular flexibility index (Phi) is 3.80. The summed E-state index contributed by atoms with van der Waals surface area (Å²) in [6.07, 6.45) is 12.0. The molecule has 0 unspecified atom stereocenters. The van der Waals surface area contributed by atoms with Crippen LogP contribution in [0.4, 0.5) is 0 Å². The number of piperidine rings is 2. The van der Waals surface area contributed by atoms with Crippen molar-refractivity contribution in [2.45, 2.75) is 70.4 Å². The minimum absolute atomic E-state index is 0.914. The van der Waals surface area contributed by atoms with E-state index in [9.17, 15) is 0 Å². The SMILES string of the molecule is CC1CCN(C2CCN([C@H]3C[C@@H]4CC[C@@H]3C4)CC2)CC1. The molecule has 0 aromatic heterocycles. The highest BCUT2D eigenvalue weighted by Gasteiger charge is 2.43. The van der Waals surface area contributed by atoms with Crippen LogP contribution in [0.3, 0.4) is 0 Å². The summed E-state index contributed by atoms with van der Waals surface area (Å²) in [6, 6.07) is 1.90. The van der Waals surface area contributed by atoms with Crippen LogP contribution in [-0.4, -0.2) is 48.1 Å². The Balaban J connectivity index is 1.28. The first-order chi connectivity index (χ1) is 9.79. The maximum atomic E-state index is 2.88. The predicted molar refractivity (Wildman–Crippen MR) is 83.8 cm³/mol. The van der Waals surface area contributed by atoms with Crippen molar-refractivity contribution in [1.82, 2.24) is 9.80 Å². The van der Waals surface area contributed by atoms with Crippen LogP contribution in [0.15, 0.2) is 0 Å². The van der Waals surface area contributed by atoms with E-state index in [1.54, 1.807) is 19.3 Å². The summed E-state index contributed by atoms with van der Waals surface area (Å²) in [6.45, 7) is 7.96.